The van der Waals surface area contributed by atoms with Crippen molar-refractivity contribution in [1.82, 2.24) is 9.71 Å². The van der Waals surface area contributed by atoms with E-state index in [-0.39, 0.29) is 16.5 Å². The Balaban J connectivity index is 2.82. The molecule has 1 heterocycles. The fourth-order valence-electron chi connectivity index (χ4n) is 1.27. The van der Waals surface area contributed by atoms with Crippen LogP contribution in [0.15, 0.2) is 23.2 Å². The van der Waals surface area contributed by atoms with Gasteiger partial charge in [-0.1, -0.05) is 0 Å². The van der Waals surface area contributed by atoms with Crippen LogP contribution in [0.2, 0.25) is 0 Å². The average Bonchev–Trinajstić information content (AvgIpc) is 2.15. The van der Waals surface area contributed by atoms with Gasteiger partial charge in [-0.3, -0.25) is 4.21 Å². The molecule has 0 aliphatic rings. The molecule has 1 aromatic heterocycles. The van der Waals surface area contributed by atoms with E-state index in [0.717, 1.165) is 0 Å². The van der Waals surface area contributed by atoms with Crippen LogP contribution in [0, 0.1) is 0 Å². The Morgan fingerprint density at radius 3 is 2.65 bits per heavy atom. The van der Waals surface area contributed by atoms with Crippen molar-refractivity contribution in [3.8, 4) is 0 Å². The third kappa shape index (κ3) is 4.41. The summed E-state index contributed by atoms with van der Waals surface area (Å²) in [6, 6.07) is 2.39. The van der Waals surface area contributed by atoms with Gasteiger partial charge < -0.3 is 5.73 Å². The van der Waals surface area contributed by atoms with Crippen molar-refractivity contribution in [3.05, 3.63) is 18.3 Å². The summed E-state index contributed by atoms with van der Waals surface area (Å²) >= 11 is 0. The Morgan fingerprint density at radius 2 is 2.18 bits per heavy atom. The molecule has 0 saturated heterocycles. The van der Waals surface area contributed by atoms with Gasteiger partial charge in [-0.2, -0.15) is 0 Å². The Kier molecular flexibility index (Phi) is 4.61. The molecule has 1 aromatic rings. The van der Waals surface area contributed by atoms with E-state index in [1.807, 2.05) is 0 Å². The summed E-state index contributed by atoms with van der Waals surface area (Å²) in [5.74, 6) is 0.522. The van der Waals surface area contributed by atoms with E-state index in [0.29, 0.717) is 0 Å². The monoisotopic (exact) mass is 277 g/mol. The molecule has 8 heteroatoms. The molecule has 2 unspecified atom stereocenters. The summed E-state index contributed by atoms with van der Waals surface area (Å²) in [6.07, 6.45) is 2.71. The summed E-state index contributed by atoms with van der Waals surface area (Å²) < 4.78 is 37.1. The van der Waals surface area contributed by atoms with E-state index in [9.17, 15) is 12.6 Å². The SMILES string of the molecule is CC(CS(C)=O)NS(=O)(=O)c1ccc(N)nc1. The lowest BCUT2D eigenvalue weighted by Gasteiger charge is -2.12. The van der Waals surface area contributed by atoms with Gasteiger partial charge in [-0.25, -0.2) is 18.1 Å². The van der Waals surface area contributed by atoms with Crippen LogP contribution in [0.4, 0.5) is 5.82 Å². The molecular formula is C9H15N3O3S2. The number of anilines is 1. The minimum Gasteiger partial charge on any atom is -0.384 e. The Morgan fingerprint density at radius 1 is 1.53 bits per heavy atom. The van der Waals surface area contributed by atoms with Gasteiger partial charge >= 0.3 is 0 Å². The molecule has 0 fully saturated rings. The molecule has 0 aliphatic heterocycles. The first-order chi connectivity index (χ1) is 7.81. The van der Waals surface area contributed by atoms with Gasteiger partial charge in [0.15, 0.2) is 0 Å². The smallest absolute Gasteiger partial charge is 0.242 e. The van der Waals surface area contributed by atoms with Crippen LogP contribution in [-0.4, -0.2) is 35.7 Å². The normalized spacial score (nSPS) is 15.4. The van der Waals surface area contributed by atoms with E-state index >= 15 is 0 Å². The highest BCUT2D eigenvalue weighted by molar-refractivity contribution is 7.89. The van der Waals surface area contributed by atoms with Crippen LogP contribution in [0.25, 0.3) is 0 Å². The zero-order valence-corrected chi connectivity index (χ0v) is 11.2. The zero-order valence-electron chi connectivity index (χ0n) is 9.58. The number of rotatable bonds is 5. The van der Waals surface area contributed by atoms with Crippen LogP contribution in [-0.2, 0) is 20.8 Å². The van der Waals surface area contributed by atoms with Gasteiger partial charge in [-0.15, -0.1) is 0 Å². The van der Waals surface area contributed by atoms with Crippen LogP contribution in [0.3, 0.4) is 0 Å². The molecule has 6 nitrogen and oxygen atoms in total. The predicted molar refractivity (Wildman–Crippen MR) is 67.4 cm³/mol. The van der Waals surface area contributed by atoms with Crippen molar-refractivity contribution in [2.75, 3.05) is 17.7 Å². The number of sulfonamides is 1. The summed E-state index contributed by atoms with van der Waals surface area (Å²) in [4.78, 5) is 3.75. The van der Waals surface area contributed by atoms with Crippen molar-refractivity contribution in [3.63, 3.8) is 0 Å². The number of hydrogen-bond donors (Lipinski definition) is 2. The quantitative estimate of drug-likeness (QED) is 0.770. The highest BCUT2D eigenvalue weighted by Gasteiger charge is 2.18. The number of nitrogen functional groups attached to an aromatic ring is 1. The number of nitrogens with one attached hydrogen (secondary N) is 1. The second-order valence-corrected chi connectivity index (χ2v) is 6.87. The second kappa shape index (κ2) is 5.56. The standard InChI is InChI=1S/C9H15N3O3S2/c1-7(6-16(2)13)12-17(14,15)8-3-4-9(10)11-5-8/h3-5,7,12H,6H2,1-2H3,(H2,10,11). The summed E-state index contributed by atoms with van der Waals surface area (Å²) in [5, 5.41) is 0. The molecule has 3 N–H and O–H groups in total. The largest absolute Gasteiger partial charge is 0.384 e. The molecule has 0 aliphatic carbocycles. The van der Waals surface area contributed by atoms with Crippen LogP contribution in [0.5, 0.6) is 0 Å². The fraction of sp³-hybridized carbons (Fsp3) is 0.444. The number of nitrogens with zero attached hydrogens (tertiary/aromatic N) is 1. The Hall–Kier alpha value is -0.990. The van der Waals surface area contributed by atoms with Crippen molar-refractivity contribution in [1.29, 1.82) is 0 Å². The fourth-order valence-corrected chi connectivity index (χ4v) is 3.35. The summed E-state index contributed by atoms with van der Waals surface area (Å²) in [7, 11) is -4.68. The number of hydrogen-bond acceptors (Lipinski definition) is 5. The number of nitrogens with two attached hydrogens (primary N) is 1. The maximum atomic E-state index is 11.8. The lowest BCUT2D eigenvalue weighted by molar-refractivity contribution is 0.569. The highest BCUT2D eigenvalue weighted by Crippen LogP contribution is 2.09. The second-order valence-electron chi connectivity index (χ2n) is 3.68. The zero-order chi connectivity index (χ0) is 13.1. The molecule has 0 saturated carbocycles. The van der Waals surface area contributed by atoms with E-state index in [1.54, 1.807) is 6.92 Å². The number of aromatic nitrogens is 1. The molecule has 0 aromatic carbocycles. The van der Waals surface area contributed by atoms with Gasteiger partial charge in [0, 0.05) is 35.0 Å². The van der Waals surface area contributed by atoms with Crippen molar-refractivity contribution in [2.45, 2.75) is 17.9 Å². The first-order valence-corrected chi connectivity index (χ1v) is 8.06. The lowest BCUT2D eigenvalue weighted by atomic mass is 10.4. The van der Waals surface area contributed by atoms with Gasteiger partial charge in [0.05, 0.1) is 0 Å². The molecule has 0 amide bonds. The molecule has 1 rings (SSSR count). The van der Waals surface area contributed by atoms with Gasteiger partial charge in [-0.05, 0) is 19.1 Å². The maximum Gasteiger partial charge on any atom is 0.242 e. The molecule has 0 bridgehead atoms. The van der Waals surface area contributed by atoms with Gasteiger partial charge in [0.1, 0.15) is 10.7 Å². The first kappa shape index (κ1) is 14.1. The molecular weight excluding hydrogens is 262 g/mol. The van der Waals surface area contributed by atoms with Crippen LogP contribution < -0.4 is 10.5 Å². The summed E-state index contributed by atoms with van der Waals surface area (Å²) in [6.45, 7) is 1.66. The molecule has 2 atom stereocenters. The van der Waals surface area contributed by atoms with E-state index in [1.165, 1.54) is 24.6 Å². The third-order valence-electron chi connectivity index (χ3n) is 1.91. The van der Waals surface area contributed by atoms with Crippen molar-refractivity contribution < 1.29 is 12.6 Å². The number of pyridine rings is 1. The van der Waals surface area contributed by atoms with E-state index in [2.05, 4.69) is 9.71 Å². The molecule has 0 spiro atoms. The topological polar surface area (TPSA) is 102 Å². The van der Waals surface area contributed by atoms with Crippen LogP contribution >= 0.6 is 0 Å². The van der Waals surface area contributed by atoms with E-state index < -0.39 is 26.9 Å². The maximum absolute atomic E-state index is 11.8. The van der Waals surface area contributed by atoms with E-state index in [4.69, 9.17) is 5.73 Å². The first-order valence-electron chi connectivity index (χ1n) is 4.85. The van der Waals surface area contributed by atoms with Crippen molar-refractivity contribution >= 4 is 26.6 Å². The Labute approximate surface area is 103 Å². The lowest BCUT2D eigenvalue weighted by Crippen LogP contribution is -2.36. The minimum absolute atomic E-state index is 0.0421. The minimum atomic E-state index is -3.62. The molecule has 0 radical (unpaired) electrons. The van der Waals surface area contributed by atoms with Gasteiger partial charge in [0.2, 0.25) is 10.0 Å². The Bertz CT molecular complexity index is 499. The van der Waals surface area contributed by atoms with Crippen molar-refractivity contribution in [2.24, 2.45) is 0 Å². The average molecular weight is 277 g/mol. The highest BCUT2D eigenvalue weighted by atomic mass is 32.2. The van der Waals surface area contributed by atoms with Gasteiger partial charge in [0.25, 0.3) is 0 Å². The third-order valence-corrected chi connectivity index (χ3v) is 4.45. The molecule has 17 heavy (non-hydrogen) atoms. The summed E-state index contributed by atoms with van der Waals surface area (Å²) in [5.41, 5.74) is 5.37. The predicted octanol–water partition coefficient (Wildman–Crippen LogP) is -0.291. The molecule has 96 valence electrons. The van der Waals surface area contributed by atoms with Crippen LogP contribution in [0.1, 0.15) is 6.92 Å².